The molecule has 58 heavy (non-hydrogen) atoms. The zero-order valence-corrected chi connectivity index (χ0v) is 32.5. The average Bonchev–Trinajstić information content (AvgIpc) is 3.99. The molecule has 6 amide bonds. The van der Waals surface area contributed by atoms with E-state index in [-0.39, 0.29) is 42.4 Å². The highest BCUT2D eigenvalue weighted by Gasteiger charge is 2.45. The van der Waals surface area contributed by atoms with E-state index in [0.717, 1.165) is 25.0 Å². The minimum atomic E-state index is -1.56. The zero-order valence-electron chi connectivity index (χ0n) is 32.5. The molecule has 2 aromatic carbocycles. The summed E-state index contributed by atoms with van der Waals surface area (Å²) < 4.78 is 45.3. The predicted molar refractivity (Wildman–Crippen MR) is 202 cm³/mol. The van der Waals surface area contributed by atoms with E-state index in [1.54, 1.807) is 24.0 Å². The molecule has 0 aliphatic carbocycles. The molecule has 7 atom stereocenters. The van der Waals surface area contributed by atoms with E-state index >= 15 is 0 Å². The smallest absolute Gasteiger partial charge is 0.329 e. The number of carbonyl (C=O) groups excluding carboxylic acids is 6. The lowest BCUT2D eigenvalue weighted by Gasteiger charge is -2.40. The minimum Gasteiger partial charge on any atom is -0.458 e. The number of nitrogens with zero attached hydrogens (tertiary/aromatic N) is 3. The maximum absolute atomic E-state index is 14.7. The second kappa shape index (κ2) is 17.5. The number of cyclic esters (lactones) is 1. The normalized spacial score (nSPS) is 27.0. The number of urea groups is 1. The number of amides is 6. The molecule has 0 spiro atoms. The van der Waals surface area contributed by atoms with Crippen LogP contribution in [0.5, 0.6) is 11.5 Å². The van der Waals surface area contributed by atoms with Gasteiger partial charge in [0, 0.05) is 56.5 Å². The fourth-order valence-corrected chi connectivity index (χ4v) is 8.52. The maximum Gasteiger partial charge on any atom is 0.329 e. The number of hydrogen-bond donors (Lipinski definition) is 4. The van der Waals surface area contributed by atoms with Crippen LogP contribution in [0, 0.1) is 11.6 Å². The van der Waals surface area contributed by atoms with Gasteiger partial charge in [-0.1, -0.05) is 0 Å². The molecule has 0 radical (unpaired) electrons. The SMILES string of the molecule is CC1NCC2CCCCN2C(=O)C2CCCN2C(=O)C(NC(=O)C(Cc2cc(F)cc(F)c2)NC(=O)Nc2ccc3c(c2)OCO3)C(C)OC(=O)C2CCCN2C1=O. The average molecular weight is 810 g/mol. The number of ether oxygens (including phenoxy) is 3. The van der Waals surface area contributed by atoms with Gasteiger partial charge in [-0.3, -0.25) is 19.2 Å². The summed E-state index contributed by atoms with van der Waals surface area (Å²) in [5.74, 6) is -3.87. The molecule has 4 fully saturated rings. The van der Waals surface area contributed by atoms with E-state index in [9.17, 15) is 37.5 Å². The van der Waals surface area contributed by atoms with E-state index in [1.807, 2.05) is 0 Å². The van der Waals surface area contributed by atoms with Crippen LogP contribution in [-0.2, 0) is 35.1 Å². The van der Waals surface area contributed by atoms with Crippen molar-refractivity contribution in [3.05, 3.63) is 53.6 Å². The van der Waals surface area contributed by atoms with Crippen LogP contribution in [0.2, 0.25) is 0 Å². The molecule has 0 aromatic heterocycles. The fraction of sp³-hybridized carbons (Fsp3) is 0.550. The van der Waals surface area contributed by atoms with Gasteiger partial charge >= 0.3 is 12.0 Å². The van der Waals surface area contributed by atoms with Crippen LogP contribution < -0.4 is 30.7 Å². The largest absolute Gasteiger partial charge is 0.458 e. The van der Waals surface area contributed by atoms with Crippen LogP contribution >= 0.6 is 0 Å². The number of halogens is 2. The molecule has 0 bridgehead atoms. The molecule has 7 unspecified atom stereocenters. The lowest BCUT2D eigenvalue weighted by molar-refractivity contribution is -0.162. The molecular weight excluding hydrogens is 760 g/mol. The lowest BCUT2D eigenvalue weighted by atomic mass is 9.99. The van der Waals surface area contributed by atoms with Gasteiger partial charge in [-0.05, 0) is 88.6 Å². The van der Waals surface area contributed by atoms with E-state index in [1.165, 1.54) is 22.8 Å². The topological polar surface area (TPSA) is 188 Å². The first-order valence-electron chi connectivity index (χ1n) is 19.9. The van der Waals surface area contributed by atoms with E-state index in [4.69, 9.17) is 14.2 Å². The van der Waals surface area contributed by atoms with Crippen LogP contribution in [0.3, 0.4) is 0 Å². The van der Waals surface area contributed by atoms with Crippen molar-refractivity contribution >= 4 is 41.3 Å². The van der Waals surface area contributed by atoms with E-state index in [0.29, 0.717) is 69.3 Å². The van der Waals surface area contributed by atoms with E-state index in [2.05, 4.69) is 21.3 Å². The number of anilines is 1. The standard InChI is InChI=1S/C40H49F2N7O9/c1-22-36(51)49-14-6-9-31(49)39(54)58-23(2)34(38(53)48-13-5-8-30(48)37(52)47-12-4-3-7-28(47)20-43-22)46-35(50)29(17-24-15-25(41)18-26(42)16-24)45-40(55)44-27-10-11-32-33(19-27)57-21-56-32/h10-11,15-16,18-19,22-23,28-31,34,43H,3-9,12-14,17,20-21H2,1-2H3,(H,46,50)(H2,44,45,55). The molecule has 2 aromatic rings. The van der Waals surface area contributed by atoms with Crippen LogP contribution in [-0.4, -0.2) is 126 Å². The van der Waals surface area contributed by atoms with Crippen LogP contribution in [0.15, 0.2) is 36.4 Å². The number of hydrogen-bond acceptors (Lipinski definition) is 10. The molecule has 4 N–H and O–H groups in total. The monoisotopic (exact) mass is 809 g/mol. The lowest BCUT2D eigenvalue weighted by Crippen LogP contribution is -2.62. The summed E-state index contributed by atoms with van der Waals surface area (Å²) in [4.78, 5) is 88.8. The van der Waals surface area contributed by atoms with Gasteiger partial charge in [0.1, 0.15) is 41.9 Å². The van der Waals surface area contributed by atoms with Crippen molar-refractivity contribution in [3.8, 4) is 11.5 Å². The van der Waals surface area contributed by atoms with Gasteiger partial charge < -0.3 is 50.2 Å². The zero-order chi connectivity index (χ0) is 41.1. The highest BCUT2D eigenvalue weighted by Crippen LogP contribution is 2.34. The van der Waals surface area contributed by atoms with Crippen molar-refractivity contribution in [1.29, 1.82) is 0 Å². The van der Waals surface area contributed by atoms with Crippen molar-refractivity contribution in [2.45, 2.75) is 108 Å². The molecule has 16 nitrogen and oxygen atoms in total. The molecule has 5 aliphatic rings. The van der Waals surface area contributed by atoms with Crippen molar-refractivity contribution in [2.24, 2.45) is 0 Å². The van der Waals surface area contributed by atoms with Gasteiger partial charge in [0.05, 0.1) is 6.04 Å². The number of esters is 1. The van der Waals surface area contributed by atoms with E-state index < -0.39 is 78.2 Å². The Balaban J connectivity index is 1.18. The van der Waals surface area contributed by atoms with Crippen molar-refractivity contribution in [3.63, 3.8) is 0 Å². The summed E-state index contributed by atoms with van der Waals surface area (Å²) in [6, 6.07) is 0.749. The molecule has 7 rings (SSSR count). The van der Waals surface area contributed by atoms with Crippen molar-refractivity contribution < 1.29 is 51.8 Å². The summed E-state index contributed by atoms with van der Waals surface area (Å²) >= 11 is 0. The van der Waals surface area contributed by atoms with Crippen molar-refractivity contribution in [1.82, 2.24) is 30.7 Å². The molecule has 4 saturated heterocycles. The Kier molecular flexibility index (Phi) is 12.3. The fourth-order valence-electron chi connectivity index (χ4n) is 8.52. The minimum absolute atomic E-state index is 0.00385. The van der Waals surface area contributed by atoms with Gasteiger partial charge in [0.2, 0.25) is 30.4 Å². The summed E-state index contributed by atoms with van der Waals surface area (Å²) in [6.07, 6.45) is 2.42. The Morgan fingerprint density at radius 1 is 0.810 bits per heavy atom. The van der Waals surface area contributed by atoms with Gasteiger partial charge in [-0.25, -0.2) is 18.4 Å². The number of fused-ring (bicyclic) bond motifs is 4. The molecule has 18 heteroatoms. The quantitative estimate of drug-likeness (QED) is 0.315. The Labute approximate surface area is 334 Å². The van der Waals surface area contributed by atoms with Gasteiger partial charge in [-0.15, -0.1) is 0 Å². The third-order valence-electron chi connectivity index (χ3n) is 11.5. The highest BCUT2D eigenvalue weighted by molar-refractivity contribution is 5.97. The van der Waals surface area contributed by atoms with Crippen LogP contribution in [0.25, 0.3) is 0 Å². The molecule has 0 saturated carbocycles. The number of rotatable bonds is 6. The summed E-state index contributed by atoms with van der Waals surface area (Å²) in [5.41, 5.74) is 0.317. The highest BCUT2D eigenvalue weighted by atomic mass is 19.1. The maximum atomic E-state index is 14.7. The molecular formula is C40H49F2N7O9. The van der Waals surface area contributed by atoms with Gasteiger partial charge in [0.25, 0.3) is 0 Å². The molecule has 5 heterocycles. The number of nitrogens with one attached hydrogen (secondary N) is 4. The third-order valence-corrected chi connectivity index (χ3v) is 11.5. The second-order valence-electron chi connectivity index (χ2n) is 15.5. The summed E-state index contributed by atoms with van der Waals surface area (Å²) in [5, 5.41) is 11.1. The summed E-state index contributed by atoms with van der Waals surface area (Å²) in [7, 11) is 0. The van der Waals surface area contributed by atoms with Gasteiger partial charge in [-0.2, -0.15) is 0 Å². The third kappa shape index (κ3) is 8.95. The van der Waals surface area contributed by atoms with Crippen molar-refractivity contribution in [2.75, 3.05) is 38.3 Å². The number of piperidine rings is 1. The number of benzene rings is 2. The Bertz CT molecular complexity index is 1920. The van der Waals surface area contributed by atoms with Crippen LogP contribution in [0.1, 0.15) is 64.4 Å². The number of carbonyl (C=O) groups is 6. The predicted octanol–water partition coefficient (Wildman–Crippen LogP) is 2.20. The first kappa shape index (κ1) is 40.7. The second-order valence-corrected chi connectivity index (χ2v) is 15.5. The Morgan fingerprint density at radius 3 is 2.26 bits per heavy atom. The van der Waals surface area contributed by atoms with Crippen LogP contribution in [0.4, 0.5) is 19.3 Å². The Hall–Kier alpha value is -5.52. The first-order chi connectivity index (χ1) is 27.9. The molecule has 312 valence electrons. The van der Waals surface area contributed by atoms with Gasteiger partial charge in [0.15, 0.2) is 11.5 Å². The molecule has 5 aliphatic heterocycles. The Morgan fingerprint density at radius 2 is 1.50 bits per heavy atom. The first-order valence-corrected chi connectivity index (χ1v) is 19.9. The summed E-state index contributed by atoms with van der Waals surface area (Å²) in [6.45, 7) is 4.52.